The number of nitrogens with one attached hydrogen (secondary N) is 1. The topological polar surface area (TPSA) is 92.7 Å². The number of thiophene rings is 1. The van der Waals surface area contributed by atoms with Crippen LogP contribution in [0, 0.1) is 6.92 Å². The van der Waals surface area contributed by atoms with Crippen LogP contribution in [0.5, 0.6) is 5.75 Å². The molecule has 0 spiro atoms. The molecule has 0 aliphatic rings. The molecule has 0 unspecified atom stereocenters. The molecule has 0 aliphatic carbocycles. The number of aryl methyl sites for hydroxylation is 1. The van der Waals surface area contributed by atoms with E-state index in [1.807, 2.05) is 6.92 Å². The number of benzene rings is 1. The molecule has 0 bridgehead atoms. The minimum atomic E-state index is -3.94. The third kappa shape index (κ3) is 3.42. The van der Waals surface area contributed by atoms with Crippen molar-refractivity contribution in [2.24, 2.45) is 0 Å². The highest BCUT2D eigenvalue weighted by Crippen LogP contribution is 2.34. The minimum absolute atomic E-state index is 0.0662. The maximum atomic E-state index is 12.5. The van der Waals surface area contributed by atoms with Crippen LogP contribution < -0.4 is 9.46 Å². The Balaban J connectivity index is 2.44. The van der Waals surface area contributed by atoms with Crippen molar-refractivity contribution in [3.63, 3.8) is 0 Å². The summed E-state index contributed by atoms with van der Waals surface area (Å²) in [4.78, 5) is 10.8. The molecule has 2 N–H and O–H groups in total. The minimum Gasteiger partial charge on any atom is -0.495 e. The predicted octanol–water partition coefficient (Wildman–Crippen LogP) is 3.33. The van der Waals surface area contributed by atoms with E-state index in [9.17, 15) is 13.2 Å². The molecule has 1 aromatic heterocycles. The van der Waals surface area contributed by atoms with E-state index in [1.54, 1.807) is 18.2 Å². The van der Waals surface area contributed by atoms with Crippen molar-refractivity contribution >= 4 is 48.9 Å². The van der Waals surface area contributed by atoms with Crippen LogP contribution in [-0.4, -0.2) is 26.6 Å². The summed E-state index contributed by atoms with van der Waals surface area (Å²) in [6, 6.07) is 6.19. The number of hydrogen-bond donors (Lipinski definition) is 2. The molecule has 22 heavy (non-hydrogen) atoms. The number of anilines is 1. The Kier molecular flexibility index (Phi) is 4.78. The van der Waals surface area contributed by atoms with Crippen LogP contribution in [0.15, 0.2) is 32.9 Å². The van der Waals surface area contributed by atoms with Crippen LogP contribution in [0.2, 0.25) is 0 Å². The first-order valence-electron chi connectivity index (χ1n) is 5.94. The molecule has 0 aliphatic heterocycles. The second-order valence-corrected chi connectivity index (χ2v) is 8.38. The molecule has 0 saturated heterocycles. The summed E-state index contributed by atoms with van der Waals surface area (Å²) in [5.74, 6) is -0.806. The number of aromatic carboxylic acids is 1. The maximum absolute atomic E-state index is 12.5. The Morgan fingerprint density at radius 3 is 2.59 bits per heavy atom. The van der Waals surface area contributed by atoms with Gasteiger partial charge in [-0.1, -0.05) is 6.07 Å². The van der Waals surface area contributed by atoms with Crippen molar-refractivity contribution in [2.45, 2.75) is 11.8 Å². The highest BCUT2D eigenvalue weighted by molar-refractivity contribution is 9.11. The molecule has 2 rings (SSSR count). The Bertz CT molecular complexity index is 829. The average Bonchev–Trinajstić information content (AvgIpc) is 2.82. The number of carbonyl (C=O) groups is 1. The Hall–Kier alpha value is -1.58. The molecule has 0 radical (unpaired) electrons. The van der Waals surface area contributed by atoms with Gasteiger partial charge in [0.05, 0.1) is 16.6 Å². The highest BCUT2D eigenvalue weighted by Gasteiger charge is 2.24. The summed E-state index contributed by atoms with van der Waals surface area (Å²) in [7, 11) is -2.50. The molecule has 6 nitrogen and oxygen atoms in total. The van der Waals surface area contributed by atoms with E-state index in [1.165, 1.54) is 7.11 Å². The fourth-order valence-corrected chi connectivity index (χ4v) is 5.21. The van der Waals surface area contributed by atoms with Crippen molar-refractivity contribution in [1.82, 2.24) is 0 Å². The van der Waals surface area contributed by atoms with Gasteiger partial charge in [-0.25, -0.2) is 13.2 Å². The fourth-order valence-electron chi connectivity index (χ4n) is 1.74. The largest absolute Gasteiger partial charge is 0.495 e. The lowest BCUT2D eigenvalue weighted by molar-refractivity contribution is 0.0702. The number of sulfonamides is 1. The first-order valence-corrected chi connectivity index (χ1v) is 9.04. The van der Waals surface area contributed by atoms with Crippen molar-refractivity contribution in [3.05, 3.63) is 38.5 Å². The Morgan fingerprint density at radius 1 is 1.36 bits per heavy atom. The van der Waals surface area contributed by atoms with Gasteiger partial charge in [-0.15, -0.1) is 11.3 Å². The summed E-state index contributed by atoms with van der Waals surface area (Å²) in [6.45, 7) is 1.82. The molecule has 1 heterocycles. The van der Waals surface area contributed by atoms with E-state index in [0.29, 0.717) is 5.75 Å². The van der Waals surface area contributed by atoms with Gasteiger partial charge in [0.15, 0.2) is 0 Å². The van der Waals surface area contributed by atoms with E-state index in [0.717, 1.165) is 23.0 Å². The van der Waals surface area contributed by atoms with Crippen LogP contribution in [0.4, 0.5) is 5.69 Å². The van der Waals surface area contributed by atoms with E-state index in [4.69, 9.17) is 9.84 Å². The van der Waals surface area contributed by atoms with Crippen molar-refractivity contribution in [3.8, 4) is 5.75 Å². The number of rotatable bonds is 5. The van der Waals surface area contributed by atoms with Crippen molar-refractivity contribution in [2.75, 3.05) is 11.8 Å². The number of halogens is 1. The number of hydrogen-bond acceptors (Lipinski definition) is 5. The van der Waals surface area contributed by atoms with Crippen LogP contribution in [0.25, 0.3) is 0 Å². The lowest BCUT2D eigenvalue weighted by Crippen LogP contribution is -2.13. The zero-order chi connectivity index (χ0) is 16.5. The summed E-state index contributed by atoms with van der Waals surface area (Å²) in [6.07, 6.45) is 0. The lowest BCUT2D eigenvalue weighted by Gasteiger charge is -2.12. The van der Waals surface area contributed by atoms with Gasteiger partial charge in [0, 0.05) is 0 Å². The predicted molar refractivity (Wildman–Crippen MR) is 87.5 cm³/mol. The van der Waals surface area contributed by atoms with Crippen LogP contribution >= 0.6 is 27.3 Å². The molecule has 118 valence electrons. The van der Waals surface area contributed by atoms with Gasteiger partial charge in [-0.2, -0.15) is 0 Å². The SMILES string of the molecule is COc1ccc(C)cc1NS(=O)(=O)c1cc(C(=O)O)sc1Br. The van der Waals surface area contributed by atoms with Gasteiger partial charge in [0.25, 0.3) is 10.0 Å². The second-order valence-electron chi connectivity index (χ2n) is 4.36. The third-order valence-corrected chi connectivity index (χ3v) is 6.36. The normalized spacial score (nSPS) is 11.2. The fraction of sp³-hybridized carbons (Fsp3) is 0.154. The summed E-state index contributed by atoms with van der Waals surface area (Å²) in [5.41, 5.74) is 1.14. The third-order valence-electron chi connectivity index (χ3n) is 2.76. The number of carboxylic acid groups (broad SMARTS) is 1. The smallest absolute Gasteiger partial charge is 0.345 e. The van der Waals surface area contributed by atoms with Crippen LogP contribution in [0.1, 0.15) is 15.2 Å². The van der Waals surface area contributed by atoms with Crippen LogP contribution in [-0.2, 0) is 10.0 Å². The van der Waals surface area contributed by atoms with Crippen LogP contribution in [0.3, 0.4) is 0 Å². The first kappa shape index (κ1) is 16.8. The number of carboxylic acids is 1. The van der Waals surface area contributed by atoms with Gasteiger partial charge in [0.2, 0.25) is 0 Å². The van der Waals surface area contributed by atoms with Gasteiger partial charge >= 0.3 is 5.97 Å². The zero-order valence-corrected chi connectivity index (χ0v) is 14.8. The summed E-state index contributed by atoms with van der Waals surface area (Å²) >= 11 is 3.93. The summed E-state index contributed by atoms with van der Waals surface area (Å²) < 4.78 is 32.7. The molecule has 0 fully saturated rings. The van der Waals surface area contributed by atoms with Crippen molar-refractivity contribution in [1.29, 1.82) is 0 Å². The van der Waals surface area contributed by atoms with Gasteiger partial charge in [0.1, 0.15) is 15.5 Å². The van der Waals surface area contributed by atoms with E-state index < -0.39 is 16.0 Å². The molecular weight excluding hydrogens is 394 g/mol. The quantitative estimate of drug-likeness (QED) is 0.795. The average molecular weight is 406 g/mol. The first-order chi connectivity index (χ1) is 10.2. The number of methoxy groups -OCH3 is 1. The molecule has 0 amide bonds. The Morgan fingerprint density at radius 2 is 2.05 bits per heavy atom. The van der Waals surface area contributed by atoms with Crippen molar-refractivity contribution < 1.29 is 23.1 Å². The highest BCUT2D eigenvalue weighted by atomic mass is 79.9. The molecular formula is C13H12BrNO5S2. The number of ether oxygens (including phenoxy) is 1. The zero-order valence-electron chi connectivity index (χ0n) is 11.6. The summed E-state index contributed by atoms with van der Waals surface area (Å²) in [5, 5.41) is 8.95. The molecule has 0 saturated carbocycles. The molecule has 0 atom stereocenters. The second kappa shape index (κ2) is 6.27. The van der Waals surface area contributed by atoms with Gasteiger partial charge in [-0.05, 0) is 46.6 Å². The van der Waals surface area contributed by atoms with Gasteiger partial charge < -0.3 is 9.84 Å². The Labute approximate surface area is 139 Å². The van der Waals surface area contributed by atoms with E-state index >= 15 is 0 Å². The molecule has 2 aromatic rings. The molecule has 9 heteroatoms. The van der Waals surface area contributed by atoms with E-state index in [2.05, 4.69) is 20.7 Å². The van der Waals surface area contributed by atoms with Gasteiger partial charge in [-0.3, -0.25) is 4.72 Å². The lowest BCUT2D eigenvalue weighted by atomic mass is 10.2. The monoisotopic (exact) mass is 405 g/mol. The van der Waals surface area contributed by atoms with E-state index in [-0.39, 0.29) is 19.2 Å². The maximum Gasteiger partial charge on any atom is 0.345 e. The molecule has 1 aromatic carbocycles. The standard InChI is InChI=1S/C13H12BrNO5S2/c1-7-3-4-9(20-2)8(5-7)15-22(18,19)11-6-10(13(16)17)21-12(11)14/h3-6,15H,1-2H3,(H,16,17).